The first-order valence-electron chi connectivity index (χ1n) is 5.42. The highest BCUT2D eigenvalue weighted by Crippen LogP contribution is 2.63. The summed E-state index contributed by atoms with van der Waals surface area (Å²) < 4.78 is 1.62. The predicted octanol–water partition coefficient (Wildman–Crippen LogP) is 0.948. The third-order valence-corrected chi connectivity index (χ3v) is 3.57. The lowest BCUT2D eigenvalue weighted by Crippen LogP contribution is -2.03. The minimum atomic E-state index is -0.785. The van der Waals surface area contributed by atoms with Crippen molar-refractivity contribution in [2.45, 2.75) is 19.8 Å². The number of rotatable bonds is 2. The van der Waals surface area contributed by atoms with Crippen LogP contribution in [-0.4, -0.2) is 30.9 Å². The second-order valence-electron chi connectivity index (χ2n) is 4.97. The summed E-state index contributed by atoms with van der Waals surface area (Å²) in [5, 5.41) is 21.4. The minimum absolute atomic E-state index is 0.120. The van der Waals surface area contributed by atoms with Gasteiger partial charge in [-0.2, -0.15) is 9.61 Å². The highest BCUT2D eigenvalue weighted by molar-refractivity contribution is 5.77. The largest absolute Gasteiger partial charge is 0.481 e. The van der Waals surface area contributed by atoms with Crippen LogP contribution in [-0.2, 0) is 4.79 Å². The van der Waals surface area contributed by atoms with Gasteiger partial charge in [-0.25, -0.2) is 0 Å². The summed E-state index contributed by atoms with van der Waals surface area (Å²) in [4.78, 5) is 11.1. The Morgan fingerprint density at radius 2 is 2.24 bits per heavy atom. The number of carboxylic acids is 1. The van der Waals surface area contributed by atoms with E-state index < -0.39 is 11.9 Å². The average Bonchev–Trinajstić information content (AvgIpc) is 2.68. The van der Waals surface area contributed by atoms with Gasteiger partial charge in [-0.05, 0) is 17.5 Å². The standard InChI is InChI=1S/C11H12N4O2/c1-11(2)7(8(11)10(16)17)9-14-13-6-4-3-5-12-15(6)9/h3-5,7-8H,1-2H3,(H,16,17). The maximum atomic E-state index is 11.1. The molecule has 1 fully saturated rings. The predicted molar refractivity (Wildman–Crippen MR) is 58.4 cm³/mol. The van der Waals surface area contributed by atoms with Crippen LogP contribution < -0.4 is 0 Å². The van der Waals surface area contributed by atoms with Gasteiger partial charge in [-0.1, -0.05) is 13.8 Å². The van der Waals surface area contributed by atoms with E-state index in [1.165, 1.54) is 0 Å². The van der Waals surface area contributed by atoms with Crippen molar-refractivity contribution in [1.82, 2.24) is 19.8 Å². The average molecular weight is 232 g/mol. The molecule has 0 aliphatic heterocycles. The number of hydrogen-bond acceptors (Lipinski definition) is 4. The molecule has 1 aliphatic carbocycles. The molecule has 0 aromatic carbocycles. The Morgan fingerprint density at radius 1 is 1.47 bits per heavy atom. The van der Waals surface area contributed by atoms with Crippen molar-refractivity contribution in [3.05, 3.63) is 24.2 Å². The summed E-state index contributed by atoms with van der Waals surface area (Å²) in [6.07, 6.45) is 1.64. The van der Waals surface area contributed by atoms with Gasteiger partial charge in [-0.3, -0.25) is 4.79 Å². The van der Waals surface area contributed by atoms with Crippen LogP contribution in [0.2, 0.25) is 0 Å². The van der Waals surface area contributed by atoms with E-state index in [1.807, 2.05) is 13.8 Å². The molecule has 0 saturated heterocycles. The third kappa shape index (κ3) is 1.26. The van der Waals surface area contributed by atoms with E-state index in [4.69, 9.17) is 5.11 Å². The Kier molecular flexibility index (Phi) is 1.81. The summed E-state index contributed by atoms with van der Waals surface area (Å²) in [5.74, 6) is -0.674. The molecule has 1 N–H and O–H groups in total. The van der Waals surface area contributed by atoms with Gasteiger partial charge in [0.1, 0.15) is 0 Å². The van der Waals surface area contributed by atoms with Gasteiger partial charge in [0.2, 0.25) is 0 Å². The lowest BCUT2D eigenvalue weighted by molar-refractivity contribution is -0.139. The molecule has 17 heavy (non-hydrogen) atoms. The zero-order chi connectivity index (χ0) is 12.2. The molecule has 3 rings (SSSR count). The summed E-state index contributed by atoms with van der Waals surface area (Å²) in [6, 6.07) is 3.58. The van der Waals surface area contributed by atoms with Crippen LogP contribution in [0, 0.1) is 11.3 Å². The van der Waals surface area contributed by atoms with Crippen LogP contribution in [0.1, 0.15) is 25.6 Å². The van der Waals surface area contributed by atoms with E-state index in [9.17, 15) is 4.79 Å². The van der Waals surface area contributed by atoms with E-state index >= 15 is 0 Å². The van der Waals surface area contributed by atoms with Crippen molar-refractivity contribution in [3.63, 3.8) is 0 Å². The number of fused-ring (bicyclic) bond motifs is 1. The fraction of sp³-hybridized carbons (Fsp3) is 0.455. The molecule has 0 bridgehead atoms. The van der Waals surface area contributed by atoms with Crippen LogP contribution >= 0.6 is 0 Å². The van der Waals surface area contributed by atoms with Crippen molar-refractivity contribution in [3.8, 4) is 0 Å². The zero-order valence-corrected chi connectivity index (χ0v) is 9.53. The van der Waals surface area contributed by atoms with E-state index in [0.717, 1.165) is 0 Å². The van der Waals surface area contributed by atoms with E-state index in [2.05, 4.69) is 15.3 Å². The van der Waals surface area contributed by atoms with Gasteiger partial charge >= 0.3 is 5.97 Å². The van der Waals surface area contributed by atoms with Gasteiger partial charge in [0.15, 0.2) is 11.5 Å². The number of nitrogens with zero attached hydrogens (tertiary/aromatic N) is 4. The highest BCUT2D eigenvalue weighted by atomic mass is 16.4. The van der Waals surface area contributed by atoms with E-state index in [0.29, 0.717) is 11.5 Å². The normalized spacial score (nSPS) is 26.0. The quantitative estimate of drug-likeness (QED) is 0.833. The molecule has 2 aromatic rings. The Balaban J connectivity index is 2.09. The Hall–Kier alpha value is -1.98. The fourth-order valence-electron chi connectivity index (χ4n) is 2.54. The SMILES string of the molecule is CC1(C)C(C(=O)O)C1c1nnc2cccnn12. The molecule has 2 aromatic heterocycles. The van der Waals surface area contributed by atoms with Crippen LogP contribution in [0.25, 0.3) is 5.65 Å². The molecule has 1 aliphatic rings. The monoisotopic (exact) mass is 232 g/mol. The fourth-order valence-corrected chi connectivity index (χ4v) is 2.54. The van der Waals surface area contributed by atoms with Gasteiger partial charge in [-0.15, -0.1) is 10.2 Å². The lowest BCUT2D eigenvalue weighted by atomic mass is 10.1. The molecule has 2 heterocycles. The first-order valence-corrected chi connectivity index (χ1v) is 5.42. The number of aliphatic carboxylic acids is 1. The molecular formula is C11H12N4O2. The maximum Gasteiger partial charge on any atom is 0.307 e. The highest BCUT2D eigenvalue weighted by Gasteiger charge is 2.65. The first-order chi connectivity index (χ1) is 8.03. The molecule has 1 saturated carbocycles. The van der Waals surface area contributed by atoms with Crippen molar-refractivity contribution in [2.24, 2.45) is 11.3 Å². The van der Waals surface area contributed by atoms with Gasteiger partial charge in [0.05, 0.1) is 5.92 Å². The van der Waals surface area contributed by atoms with Crippen molar-refractivity contribution < 1.29 is 9.90 Å². The summed E-state index contributed by atoms with van der Waals surface area (Å²) in [7, 11) is 0. The molecule has 0 spiro atoms. The lowest BCUT2D eigenvalue weighted by Gasteiger charge is -1.99. The van der Waals surface area contributed by atoms with E-state index in [-0.39, 0.29) is 11.3 Å². The number of carboxylic acid groups (broad SMARTS) is 1. The third-order valence-electron chi connectivity index (χ3n) is 3.57. The first kappa shape index (κ1) is 10.2. The molecular weight excluding hydrogens is 220 g/mol. The molecule has 0 radical (unpaired) electrons. The van der Waals surface area contributed by atoms with Gasteiger partial charge in [0, 0.05) is 12.1 Å². The Labute approximate surface area is 97.3 Å². The molecule has 6 heteroatoms. The van der Waals surface area contributed by atoms with Crippen molar-refractivity contribution in [1.29, 1.82) is 0 Å². The maximum absolute atomic E-state index is 11.1. The molecule has 0 amide bonds. The summed E-state index contributed by atoms with van der Waals surface area (Å²) in [5.41, 5.74) is 0.362. The minimum Gasteiger partial charge on any atom is -0.481 e. The second-order valence-corrected chi connectivity index (χ2v) is 4.97. The molecule has 2 unspecified atom stereocenters. The molecule has 6 nitrogen and oxygen atoms in total. The topological polar surface area (TPSA) is 80.4 Å². The zero-order valence-electron chi connectivity index (χ0n) is 9.53. The molecule has 88 valence electrons. The van der Waals surface area contributed by atoms with Gasteiger partial charge < -0.3 is 5.11 Å². The summed E-state index contributed by atoms with van der Waals surface area (Å²) in [6.45, 7) is 3.86. The molecule has 2 atom stereocenters. The van der Waals surface area contributed by atoms with Crippen LogP contribution in [0.5, 0.6) is 0 Å². The van der Waals surface area contributed by atoms with Gasteiger partial charge in [0.25, 0.3) is 0 Å². The number of carbonyl (C=O) groups is 1. The Morgan fingerprint density at radius 3 is 2.88 bits per heavy atom. The van der Waals surface area contributed by atoms with Crippen LogP contribution in [0.15, 0.2) is 18.3 Å². The van der Waals surface area contributed by atoms with Crippen LogP contribution in [0.3, 0.4) is 0 Å². The van der Waals surface area contributed by atoms with Crippen molar-refractivity contribution >= 4 is 11.6 Å². The number of aromatic nitrogens is 4. The number of hydrogen-bond donors (Lipinski definition) is 1. The smallest absolute Gasteiger partial charge is 0.307 e. The van der Waals surface area contributed by atoms with Crippen molar-refractivity contribution in [2.75, 3.05) is 0 Å². The Bertz CT molecular complexity index is 604. The van der Waals surface area contributed by atoms with E-state index in [1.54, 1.807) is 22.8 Å². The second kappa shape index (κ2) is 3.03. The van der Waals surface area contributed by atoms with Crippen LogP contribution in [0.4, 0.5) is 0 Å². The summed E-state index contributed by atoms with van der Waals surface area (Å²) >= 11 is 0.